The maximum atomic E-state index is 13.1. The summed E-state index contributed by atoms with van der Waals surface area (Å²) in [5.41, 5.74) is 5.05. The molecule has 1 N–H and O–H groups in total. The number of carbonyl (C=O) groups is 1. The monoisotopic (exact) mass is 473 g/mol. The van der Waals surface area contributed by atoms with E-state index < -0.39 is 0 Å². The second-order valence-corrected chi connectivity index (χ2v) is 8.94. The largest absolute Gasteiger partial charge is 0.496 e. The Hall–Kier alpha value is -3.65. The Labute approximate surface area is 205 Å². The first-order valence-electron chi connectivity index (χ1n) is 12.1. The van der Waals surface area contributed by atoms with Crippen LogP contribution >= 0.6 is 0 Å². The van der Waals surface area contributed by atoms with Gasteiger partial charge in [-0.3, -0.25) is 0 Å². The van der Waals surface area contributed by atoms with Crippen molar-refractivity contribution in [2.45, 2.75) is 26.3 Å². The van der Waals surface area contributed by atoms with Gasteiger partial charge in [-0.1, -0.05) is 35.9 Å². The van der Waals surface area contributed by atoms with Crippen molar-refractivity contribution in [1.29, 1.82) is 0 Å². The molecule has 1 saturated heterocycles. The number of nitrogens with one attached hydrogen (secondary N) is 1. The maximum absolute atomic E-state index is 13.1. The molecule has 35 heavy (non-hydrogen) atoms. The van der Waals surface area contributed by atoms with Gasteiger partial charge in [-0.05, 0) is 25.1 Å². The van der Waals surface area contributed by atoms with Crippen LogP contribution in [0.2, 0.25) is 0 Å². The summed E-state index contributed by atoms with van der Waals surface area (Å²) in [6.45, 7) is 5.99. The summed E-state index contributed by atoms with van der Waals surface area (Å²) in [7, 11) is 1.68. The average Bonchev–Trinajstić information content (AvgIpc) is 2.90. The second kappa shape index (κ2) is 10.3. The maximum Gasteiger partial charge on any atom is 0.322 e. The predicted molar refractivity (Wildman–Crippen MR) is 135 cm³/mol. The SMILES string of the molecule is COc1ccccc1Cc1nc2c(c(N3CCOCC3)n1)CN(C(=O)Nc1ccc(C)cc1)CC2. The normalized spacial score (nSPS) is 15.5. The molecule has 0 saturated carbocycles. The third-order valence-electron chi connectivity index (χ3n) is 6.53. The molecule has 0 bridgehead atoms. The zero-order valence-electron chi connectivity index (χ0n) is 20.3. The number of aryl methyl sites for hydroxylation is 1. The quantitative estimate of drug-likeness (QED) is 0.607. The lowest BCUT2D eigenvalue weighted by Gasteiger charge is -2.34. The molecule has 0 atom stereocenters. The molecule has 2 aromatic carbocycles. The van der Waals surface area contributed by atoms with E-state index in [0.717, 1.165) is 58.6 Å². The Morgan fingerprint density at radius 1 is 1.06 bits per heavy atom. The summed E-state index contributed by atoms with van der Waals surface area (Å²) in [6.07, 6.45) is 1.28. The van der Waals surface area contributed by atoms with Gasteiger partial charge in [0, 0.05) is 49.3 Å². The number of aromatic nitrogens is 2. The minimum atomic E-state index is -0.106. The van der Waals surface area contributed by atoms with Crippen LogP contribution in [0.15, 0.2) is 48.5 Å². The first-order valence-corrected chi connectivity index (χ1v) is 12.1. The van der Waals surface area contributed by atoms with Gasteiger partial charge >= 0.3 is 6.03 Å². The van der Waals surface area contributed by atoms with Crippen LogP contribution in [0.25, 0.3) is 0 Å². The molecule has 8 nitrogen and oxygen atoms in total. The first-order chi connectivity index (χ1) is 17.1. The molecule has 2 aliphatic heterocycles. The summed E-state index contributed by atoms with van der Waals surface area (Å²) < 4.78 is 11.1. The van der Waals surface area contributed by atoms with Crippen molar-refractivity contribution in [3.8, 4) is 5.75 Å². The molecule has 0 spiro atoms. The van der Waals surface area contributed by atoms with Gasteiger partial charge < -0.3 is 24.6 Å². The molecule has 5 rings (SSSR count). The van der Waals surface area contributed by atoms with E-state index in [4.69, 9.17) is 19.4 Å². The van der Waals surface area contributed by atoms with Gasteiger partial charge in [-0.25, -0.2) is 14.8 Å². The van der Waals surface area contributed by atoms with Crippen molar-refractivity contribution in [3.05, 3.63) is 76.7 Å². The van der Waals surface area contributed by atoms with E-state index >= 15 is 0 Å². The molecule has 8 heteroatoms. The number of hydrogen-bond acceptors (Lipinski definition) is 6. The lowest BCUT2D eigenvalue weighted by atomic mass is 10.0. The van der Waals surface area contributed by atoms with Crippen LogP contribution in [0.3, 0.4) is 0 Å². The van der Waals surface area contributed by atoms with Crippen molar-refractivity contribution in [1.82, 2.24) is 14.9 Å². The topological polar surface area (TPSA) is 79.8 Å². The van der Waals surface area contributed by atoms with Crippen LogP contribution in [0.4, 0.5) is 16.3 Å². The van der Waals surface area contributed by atoms with Gasteiger partial charge in [0.25, 0.3) is 0 Å². The number of hydrogen-bond donors (Lipinski definition) is 1. The summed E-state index contributed by atoms with van der Waals surface area (Å²) in [5, 5.41) is 3.02. The van der Waals surface area contributed by atoms with Crippen molar-refractivity contribution in [3.63, 3.8) is 0 Å². The van der Waals surface area contributed by atoms with Crippen LogP contribution in [0.1, 0.15) is 28.2 Å². The fourth-order valence-electron chi connectivity index (χ4n) is 4.59. The number of anilines is 2. The van der Waals surface area contributed by atoms with E-state index in [-0.39, 0.29) is 6.03 Å². The lowest BCUT2D eigenvalue weighted by molar-refractivity contribution is 0.122. The number of methoxy groups -OCH3 is 1. The highest BCUT2D eigenvalue weighted by atomic mass is 16.5. The summed E-state index contributed by atoms with van der Waals surface area (Å²) in [6, 6.07) is 15.7. The molecular weight excluding hydrogens is 442 g/mol. The number of para-hydroxylation sites is 1. The van der Waals surface area contributed by atoms with Crippen LogP contribution in [-0.2, 0) is 24.1 Å². The molecule has 2 amide bonds. The summed E-state index contributed by atoms with van der Waals surface area (Å²) in [5.74, 6) is 2.52. The molecule has 3 heterocycles. The number of morpholine rings is 1. The Kier molecular flexibility index (Phi) is 6.81. The van der Waals surface area contributed by atoms with E-state index in [0.29, 0.717) is 39.1 Å². The molecule has 2 aliphatic rings. The number of rotatable bonds is 5. The van der Waals surface area contributed by atoms with E-state index in [1.807, 2.05) is 60.4 Å². The van der Waals surface area contributed by atoms with Gasteiger partial charge in [0.1, 0.15) is 17.4 Å². The minimum Gasteiger partial charge on any atom is -0.496 e. The third-order valence-corrected chi connectivity index (χ3v) is 6.53. The number of carbonyl (C=O) groups excluding carboxylic acids is 1. The Balaban J connectivity index is 1.42. The fourth-order valence-corrected chi connectivity index (χ4v) is 4.59. The summed E-state index contributed by atoms with van der Waals surface area (Å²) >= 11 is 0. The Morgan fingerprint density at radius 2 is 1.83 bits per heavy atom. The van der Waals surface area contributed by atoms with E-state index in [2.05, 4.69) is 10.2 Å². The Bertz CT molecular complexity index is 1190. The number of ether oxygens (including phenoxy) is 2. The molecule has 3 aromatic rings. The highest BCUT2D eigenvalue weighted by Gasteiger charge is 2.28. The molecule has 0 aliphatic carbocycles. The number of urea groups is 1. The zero-order chi connectivity index (χ0) is 24.2. The first kappa shape index (κ1) is 23.1. The van der Waals surface area contributed by atoms with E-state index in [1.165, 1.54) is 0 Å². The zero-order valence-corrected chi connectivity index (χ0v) is 20.3. The second-order valence-electron chi connectivity index (χ2n) is 8.94. The van der Waals surface area contributed by atoms with Crippen molar-refractivity contribution in [2.24, 2.45) is 0 Å². The standard InChI is InChI=1S/C27H31N5O3/c1-19-7-9-21(10-8-19)28-27(33)32-12-11-23-22(18-32)26(31-13-15-35-16-14-31)30-25(29-23)17-20-5-3-4-6-24(20)34-2/h3-10H,11-18H2,1-2H3,(H,28,33). The van der Waals surface area contributed by atoms with Gasteiger partial charge in [-0.15, -0.1) is 0 Å². The summed E-state index contributed by atoms with van der Waals surface area (Å²) in [4.78, 5) is 27.1. The molecule has 182 valence electrons. The lowest BCUT2D eigenvalue weighted by Crippen LogP contribution is -2.42. The minimum absolute atomic E-state index is 0.106. The van der Waals surface area contributed by atoms with E-state index in [9.17, 15) is 4.79 Å². The number of benzene rings is 2. The van der Waals surface area contributed by atoms with Crippen LogP contribution in [0, 0.1) is 6.92 Å². The molecule has 1 fully saturated rings. The molecule has 0 unspecified atom stereocenters. The van der Waals surface area contributed by atoms with Crippen LogP contribution in [-0.4, -0.2) is 60.9 Å². The Morgan fingerprint density at radius 3 is 2.60 bits per heavy atom. The predicted octanol–water partition coefficient (Wildman–Crippen LogP) is 3.81. The highest BCUT2D eigenvalue weighted by Crippen LogP contribution is 2.29. The van der Waals surface area contributed by atoms with Gasteiger partial charge in [0.2, 0.25) is 0 Å². The number of nitrogens with zero attached hydrogens (tertiary/aromatic N) is 4. The van der Waals surface area contributed by atoms with Crippen molar-refractivity contribution < 1.29 is 14.3 Å². The number of amides is 2. The molecular formula is C27H31N5O3. The average molecular weight is 474 g/mol. The molecule has 1 aromatic heterocycles. The third kappa shape index (κ3) is 5.22. The van der Waals surface area contributed by atoms with Gasteiger partial charge in [0.05, 0.1) is 32.6 Å². The van der Waals surface area contributed by atoms with Crippen LogP contribution in [0.5, 0.6) is 5.75 Å². The highest BCUT2D eigenvalue weighted by molar-refractivity contribution is 5.89. The fraction of sp³-hybridized carbons (Fsp3) is 0.370. The number of fused-ring (bicyclic) bond motifs is 1. The van der Waals surface area contributed by atoms with Gasteiger partial charge in [0.15, 0.2) is 0 Å². The molecule has 0 radical (unpaired) electrons. The van der Waals surface area contributed by atoms with E-state index in [1.54, 1.807) is 7.11 Å². The van der Waals surface area contributed by atoms with Crippen LogP contribution < -0.4 is 15.0 Å². The van der Waals surface area contributed by atoms with Gasteiger partial charge in [-0.2, -0.15) is 0 Å². The van der Waals surface area contributed by atoms with Crippen molar-refractivity contribution in [2.75, 3.05) is 50.2 Å². The van der Waals surface area contributed by atoms with Crippen molar-refractivity contribution >= 4 is 17.5 Å². The smallest absolute Gasteiger partial charge is 0.322 e.